The predicted octanol–water partition coefficient (Wildman–Crippen LogP) is 4.95. The highest BCUT2D eigenvalue weighted by Crippen LogP contribution is 2.59. The van der Waals surface area contributed by atoms with E-state index in [0.29, 0.717) is 5.41 Å². The molecule has 0 heterocycles. The molecular formula is C20H29NS. The van der Waals surface area contributed by atoms with Gasteiger partial charge in [-0.25, -0.2) is 0 Å². The SMILES string of the molecule is CNC(=S)C1(C)CC2CC(c3ccccc3)(CC(C)C2C)C1. The third-order valence-electron chi connectivity index (χ3n) is 6.61. The predicted molar refractivity (Wildman–Crippen MR) is 98.2 cm³/mol. The van der Waals surface area contributed by atoms with E-state index >= 15 is 0 Å². The molecule has 120 valence electrons. The summed E-state index contributed by atoms with van der Waals surface area (Å²) in [7, 11) is 1.99. The number of rotatable bonds is 2. The normalized spacial score (nSPS) is 41.0. The maximum atomic E-state index is 5.72. The van der Waals surface area contributed by atoms with Crippen LogP contribution in [0.1, 0.15) is 52.0 Å². The first-order valence-electron chi connectivity index (χ1n) is 8.68. The number of benzene rings is 1. The molecule has 2 fully saturated rings. The molecule has 0 saturated heterocycles. The second-order valence-electron chi connectivity index (χ2n) is 8.17. The van der Waals surface area contributed by atoms with E-state index in [2.05, 4.69) is 56.4 Å². The minimum Gasteiger partial charge on any atom is -0.382 e. The first kappa shape index (κ1) is 16.0. The third kappa shape index (κ3) is 2.50. The first-order valence-corrected chi connectivity index (χ1v) is 9.09. The summed E-state index contributed by atoms with van der Waals surface area (Å²) in [5.74, 6) is 2.39. The van der Waals surface area contributed by atoms with Crippen LogP contribution in [-0.4, -0.2) is 12.0 Å². The van der Waals surface area contributed by atoms with Crippen molar-refractivity contribution in [2.75, 3.05) is 7.05 Å². The minimum atomic E-state index is 0.136. The van der Waals surface area contributed by atoms with Gasteiger partial charge in [-0.1, -0.05) is 63.3 Å². The Morgan fingerprint density at radius 2 is 1.82 bits per heavy atom. The van der Waals surface area contributed by atoms with E-state index in [1.165, 1.54) is 31.2 Å². The molecular weight excluding hydrogens is 286 g/mol. The standard InChI is InChI=1S/C20H29NS/c1-14-10-20(17-8-6-5-7-9-17)12-16(15(14)2)11-19(3,13-20)18(22)21-4/h5-9,14-16H,10-13H2,1-4H3,(H,21,22). The van der Waals surface area contributed by atoms with Crippen LogP contribution in [0.5, 0.6) is 0 Å². The summed E-state index contributed by atoms with van der Waals surface area (Å²) < 4.78 is 0. The van der Waals surface area contributed by atoms with Gasteiger partial charge in [0.25, 0.3) is 0 Å². The van der Waals surface area contributed by atoms with Crippen LogP contribution in [0.2, 0.25) is 0 Å². The van der Waals surface area contributed by atoms with Gasteiger partial charge in [-0.15, -0.1) is 0 Å². The fourth-order valence-corrected chi connectivity index (χ4v) is 5.60. The van der Waals surface area contributed by atoms with Crippen molar-refractivity contribution >= 4 is 17.2 Å². The maximum absolute atomic E-state index is 5.72. The maximum Gasteiger partial charge on any atom is 0.0811 e. The fourth-order valence-electron chi connectivity index (χ4n) is 5.44. The highest BCUT2D eigenvalue weighted by atomic mass is 32.1. The third-order valence-corrected chi connectivity index (χ3v) is 7.31. The van der Waals surface area contributed by atoms with Crippen LogP contribution in [-0.2, 0) is 5.41 Å². The summed E-state index contributed by atoms with van der Waals surface area (Å²) in [5, 5.41) is 3.29. The Bertz CT molecular complexity index is 550. The van der Waals surface area contributed by atoms with E-state index in [-0.39, 0.29) is 5.41 Å². The Hall–Kier alpha value is -0.890. The van der Waals surface area contributed by atoms with Gasteiger partial charge in [0.1, 0.15) is 0 Å². The Morgan fingerprint density at radius 1 is 1.14 bits per heavy atom. The quantitative estimate of drug-likeness (QED) is 0.775. The second-order valence-corrected chi connectivity index (χ2v) is 8.58. The van der Waals surface area contributed by atoms with Crippen molar-refractivity contribution in [2.24, 2.45) is 23.2 Å². The van der Waals surface area contributed by atoms with E-state index in [4.69, 9.17) is 12.2 Å². The first-order chi connectivity index (χ1) is 10.4. The number of thiocarbonyl (C=S) groups is 1. The van der Waals surface area contributed by atoms with Crippen LogP contribution in [0.15, 0.2) is 30.3 Å². The summed E-state index contributed by atoms with van der Waals surface area (Å²) >= 11 is 5.72. The largest absolute Gasteiger partial charge is 0.382 e. The van der Waals surface area contributed by atoms with E-state index < -0.39 is 0 Å². The van der Waals surface area contributed by atoms with Crippen molar-refractivity contribution in [3.05, 3.63) is 35.9 Å². The Morgan fingerprint density at radius 3 is 2.45 bits per heavy atom. The van der Waals surface area contributed by atoms with Crippen molar-refractivity contribution in [1.82, 2.24) is 5.32 Å². The molecule has 1 nitrogen and oxygen atoms in total. The highest BCUT2D eigenvalue weighted by molar-refractivity contribution is 7.80. The van der Waals surface area contributed by atoms with Gasteiger partial charge in [0, 0.05) is 12.5 Å². The molecule has 2 heteroatoms. The lowest BCUT2D eigenvalue weighted by Gasteiger charge is -2.57. The Balaban J connectivity index is 2.05. The van der Waals surface area contributed by atoms with Crippen molar-refractivity contribution in [1.29, 1.82) is 0 Å². The van der Waals surface area contributed by atoms with Gasteiger partial charge < -0.3 is 5.32 Å². The lowest BCUT2D eigenvalue weighted by molar-refractivity contribution is 0.0115. The zero-order chi connectivity index (χ0) is 16.0. The molecule has 0 aromatic heterocycles. The number of hydrogen-bond acceptors (Lipinski definition) is 1. The summed E-state index contributed by atoms with van der Waals surface area (Å²) in [5.41, 5.74) is 1.98. The topological polar surface area (TPSA) is 12.0 Å². The summed E-state index contributed by atoms with van der Waals surface area (Å²) in [6.45, 7) is 7.30. The molecule has 0 aliphatic heterocycles. The zero-order valence-electron chi connectivity index (χ0n) is 14.4. The average Bonchev–Trinajstić information content (AvgIpc) is 2.52. The minimum absolute atomic E-state index is 0.136. The molecule has 1 aromatic rings. The van der Waals surface area contributed by atoms with Crippen LogP contribution >= 0.6 is 12.2 Å². The highest BCUT2D eigenvalue weighted by Gasteiger charge is 2.53. The molecule has 2 bridgehead atoms. The van der Waals surface area contributed by atoms with Crippen molar-refractivity contribution < 1.29 is 0 Å². The molecule has 0 amide bonds. The van der Waals surface area contributed by atoms with Crippen LogP contribution in [0.4, 0.5) is 0 Å². The molecule has 5 atom stereocenters. The van der Waals surface area contributed by atoms with Crippen LogP contribution in [0.25, 0.3) is 0 Å². The van der Waals surface area contributed by atoms with Gasteiger partial charge in [-0.3, -0.25) is 0 Å². The Kier molecular flexibility index (Phi) is 4.09. The number of hydrogen-bond donors (Lipinski definition) is 1. The summed E-state index contributed by atoms with van der Waals surface area (Å²) in [6, 6.07) is 11.2. The molecule has 0 spiro atoms. The molecule has 22 heavy (non-hydrogen) atoms. The molecule has 2 aliphatic carbocycles. The van der Waals surface area contributed by atoms with Crippen molar-refractivity contribution in [2.45, 2.75) is 51.9 Å². The van der Waals surface area contributed by atoms with Crippen molar-refractivity contribution in [3.63, 3.8) is 0 Å². The van der Waals surface area contributed by atoms with Crippen molar-refractivity contribution in [3.8, 4) is 0 Å². The molecule has 2 aliphatic rings. The lowest BCUT2D eigenvalue weighted by Crippen LogP contribution is -2.53. The fraction of sp³-hybridized carbons (Fsp3) is 0.650. The van der Waals surface area contributed by atoms with Gasteiger partial charge in [-0.2, -0.15) is 0 Å². The summed E-state index contributed by atoms with van der Waals surface area (Å²) in [6.07, 6.45) is 5.07. The van der Waals surface area contributed by atoms with Gasteiger partial charge in [0.15, 0.2) is 0 Å². The van der Waals surface area contributed by atoms with Crippen LogP contribution in [0.3, 0.4) is 0 Å². The molecule has 5 unspecified atom stereocenters. The average molecular weight is 316 g/mol. The van der Waals surface area contributed by atoms with Crippen LogP contribution in [0, 0.1) is 23.2 Å². The van der Waals surface area contributed by atoms with Gasteiger partial charge in [0.2, 0.25) is 0 Å². The number of fused-ring (bicyclic) bond motifs is 2. The molecule has 2 saturated carbocycles. The van der Waals surface area contributed by atoms with Crippen LogP contribution < -0.4 is 5.32 Å². The van der Waals surface area contributed by atoms with E-state index in [9.17, 15) is 0 Å². The Labute approximate surface area is 140 Å². The molecule has 1 aromatic carbocycles. The van der Waals surface area contributed by atoms with Gasteiger partial charge in [-0.05, 0) is 54.4 Å². The smallest absolute Gasteiger partial charge is 0.0811 e. The zero-order valence-corrected chi connectivity index (χ0v) is 15.2. The van der Waals surface area contributed by atoms with E-state index in [1.54, 1.807) is 0 Å². The lowest BCUT2D eigenvalue weighted by atomic mass is 9.48. The molecule has 1 N–H and O–H groups in total. The number of nitrogens with one attached hydrogen (secondary N) is 1. The van der Waals surface area contributed by atoms with E-state index in [0.717, 1.165) is 22.7 Å². The second kappa shape index (κ2) is 5.63. The monoisotopic (exact) mass is 315 g/mol. The molecule has 3 rings (SSSR count). The summed E-state index contributed by atoms with van der Waals surface area (Å²) in [4.78, 5) is 1.05. The van der Waals surface area contributed by atoms with Gasteiger partial charge in [0.05, 0.1) is 4.99 Å². The van der Waals surface area contributed by atoms with Gasteiger partial charge >= 0.3 is 0 Å². The molecule has 0 radical (unpaired) electrons. The van der Waals surface area contributed by atoms with E-state index in [1.807, 2.05) is 7.05 Å².